The minimum Gasteiger partial charge on any atom is -0.494 e. The van der Waals surface area contributed by atoms with Crippen LogP contribution in [-0.2, 0) is 4.79 Å². The number of ether oxygens (including phenoxy) is 2. The van der Waals surface area contributed by atoms with Crippen molar-refractivity contribution >= 4 is 45.5 Å². The van der Waals surface area contributed by atoms with Gasteiger partial charge >= 0.3 is 5.69 Å². The van der Waals surface area contributed by atoms with Crippen molar-refractivity contribution in [1.29, 1.82) is 0 Å². The Labute approximate surface area is 212 Å². The Morgan fingerprint density at radius 1 is 1.05 bits per heavy atom. The second-order valence-electron chi connectivity index (χ2n) is 7.90. The molecule has 3 heterocycles. The third-order valence-electron chi connectivity index (χ3n) is 5.45. The number of carbonyl (C=O) groups excluding carboxylic acids is 2. The first-order valence-corrected chi connectivity index (χ1v) is 10.8. The molecular formula is C24H19F2N5O7. The van der Waals surface area contributed by atoms with Gasteiger partial charge in [-0.25, -0.2) is 13.8 Å². The monoisotopic (exact) mass is 527 g/mol. The topological polar surface area (TPSA) is 159 Å². The minimum atomic E-state index is -1.30. The highest BCUT2D eigenvalue weighted by Crippen LogP contribution is 2.38. The number of nitrogens with one attached hydrogen (secondary N) is 2. The molecule has 0 atom stereocenters. The molecule has 0 saturated carbocycles. The van der Waals surface area contributed by atoms with Crippen molar-refractivity contribution in [2.24, 2.45) is 0 Å². The summed E-state index contributed by atoms with van der Waals surface area (Å²) < 4.78 is 45.4. The number of aromatic nitrogens is 2. The minimum absolute atomic E-state index is 0.0146. The molecule has 2 N–H and O–H groups in total. The van der Waals surface area contributed by atoms with Gasteiger partial charge in [-0.2, -0.15) is 0 Å². The molecule has 0 bridgehead atoms. The molecule has 0 radical (unpaired) electrons. The number of anilines is 3. The van der Waals surface area contributed by atoms with Crippen molar-refractivity contribution in [2.75, 3.05) is 24.9 Å². The maximum atomic E-state index is 15.0. The number of amides is 1. The predicted octanol–water partition coefficient (Wildman–Crippen LogP) is 4.67. The number of hydrogen-bond acceptors (Lipinski definition) is 10. The van der Waals surface area contributed by atoms with E-state index in [9.17, 15) is 19.7 Å². The Morgan fingerprint density at radius 3 is 2.29 bits per heavy atom. The van der Waals surface area contributed by atoms with Gasteiger partial charge in [0.25, 0.3) is 0 Å². The van der Waals surface area contributed by atoms with E-state index in [1.54, 1.807) is 6.92 Å². The van der Waals surface area contributed by atoms with Crippen LogP contribution in [0.2, 0.25) is 0 Å². The second kappa shape index (κ2) is 10.1. The fraction of sp³-hybridized carbons (Fsp3) is 0.167. The summed E-state index contributed by atoms with van der Waals surface area (Å²) in [4.78, 5) is 44.1. The lowest BCUT2D eigenvalue weighted by molar-refractivity contribution is -0.384. The van der Waals surface area contributed by atoms with Crippen molar-refractivity contribution in [3.05, 3.63) is 69.4 Å². The van der Waals surface area contributed by atoms with Gasteiger partial charge in [-0.3, -0.25) is 24.7 Å². The maximum Gasteiger partial charge on any atom is 0.311 e. The number of fused-ring (bicyclic) bond motifs is 1. The Balaban J connectivity index is 1.88. The lowest BCUT2D eigenvalue weighted by atomic mass is 10.0. The standard InChI is InChI=1S/C24H19F2N5O7/c1-10-7-27-8-13(31(34)35)21(10)30-17-5-12-16(9-28-17)38-24(22(12)29-11(2)32)23(33)18-19(25)14(36-3)6-15(37-4)20(18)26/h5-9H,1-4H3,(H,29,32)(H,27,28,30). The van der Waals surface area contributed by atoms with E-state index in [1.165, 1.54) is 18.5 Å². The van der Waals surface area contributed by atoms with Gasteiger partial charge in [-0.1, -0.05) is 0 Å². The van der Waals surface area contributed by atoms with Gasteiger partial charge in [0, 0.05) is 19.2 Å². The van der Waals surface area contributed by atoms with E-state index in [1.807, 2.05) is 0 Å². The summed E-state index contributed by atoms with van der Waals surface area (Å²) in [6.07, 6.45) is 3.66. The number of halogens is 2. The number of hydrogen-bond donors (Lipinski definition) is 2. The third kappa shape index (κ3) is 4.54. The van der Waals surface area contributed by atoms with E-state index in [-0.39, 0.29) is 33.8 Å². The molecule has 0 aliphatic rings. The zero-order valence-corrected chi connectivity index (χ0v) is 20.3. The summed E-state index contributed by atoms with van der Waals surface area (Å²) in [6.45, 7) is 2.76. The highest BCUT2D eigenvalue weighted by molar-refractivity contribution is 6.17. The van der Waals surface area contributed by atoms with Crippen LogP contribution in [-0.4, -0.2) is 40.8 Å². The molecule has 0 unspecified atom stereocenters. The van der Waals surface area contributed by atoms with Crippen LogP contribution >= 0.6 is 0 Å². The lowest BCUT2D eigenvalue weighted by Gasteiger charge is -2.12. The number of pyridine rings is 2. The van der Waals surface area contributed by atoms with Crippen molar-refractivity contribution in [2.45, 2.75) is 13.8 Å². The molecule has 0 aliphatic heterocycles. The first-order chi connectivity index (χ1) is 18.1. The summed E-state index contributed by atoms with van der Waals surface area (Å²) in [5.74, 6) is -5.87. The summed E-state index contributed by atoms with van der Waals surface area (Å²) in [5.41, 5.74) is -0.977. The summed E-state index contributed by atoms with van der Waals surface area (Å²) in [5, 5.41) is 16.8. The maximum absolute atomic E-state index is 15.0. The largest absolute Gasteiger partial charge is 0.494 e. The van der Waals surface area contributed by atoms with Crippen LogP contribution in [0, 0.1) is 28.7 Å². The van der Waals surface area contributed by atoms with E-state index >= 15 is 8.78 Å². The number of furan rings is 1. The molecule has 0 saturated heterocycles. The van der Waals surface area contributed by atoms with Crippen molar-refractivity contribution < 1.29 is 37.2 Å². The molecule has 4 aromatic rings. The van der Waals surface area contributed by atoms with Gasteiger partial charge < -0.3 is 24.5 Å². The quantitative estimate of drug-likeness (QED) is 0.187. The lowest BCUT2D eigenvalue weighted by Crippen LogP contribution is -2.13. The Bertz CT molecular complexity index is 1590. The summed E-state index contributed by atoms with van der Waals surface area (Å²) >= 11 is 0. The number of carbonyl (C=O) groups is 2. The van der Waals surface area contributed by atoms with Crippen LogP contribution in [0.4, 0.5) is 31.7 Å². The highest BCUT2D eigenvalue weighted by atomic mass is 19.1. The molecule has 196 valence electrons. The fourth-order valence-corrected chi connectivity index (χ4v) is 3.71. The van der Waals surface area contributed by atoms with Crippen LogP contribution in [0.25, 0.3) is 11.0 Å². The van der Waals surface area contributed by atoms with Gasteiger partial charge in [0.15, 0.2) is 34.5 Å². The molecule has 1 amide bonds. The van der Waals surface area contributed by atoms with Crippen molar-refractivity contribution in [3.63, 3.8) is 0 Å². The molecule has 4 rings (SSSR count). The van der Waals surface area contributed by atoms with Gasteiger partial charge in [0.05, 0.1) is 36.4 Å². The molecular weight excluding hydrogens is 508 g/mol. The Kier molecular flexibility index (Phi) is 6.88. The van der Waals surface area contributed by atoms with Crippen LogP contribution in [0.1, 0.15) is 28.6 Å². The zero-order valence-electron chi connectivity index (χ0n) is 20.3. The van der Waals surface area contributed by atoms with E-state index < -0.39 is 51.1 Å². The van der Waals surface area contributed by atoms with Gasteiger partial charge in [0.1, 0.15) is 23.3 Å². The number of ketones is 1. The van der Waals surface area contributed by atoms with Crippen molar-refractivity contribution in [1.82, 2.24) is 9.97 Å². The van der Waals surface area contributed by atoms with E-state index in [0.29, 0.717) is 5.56 Å². The number of nitrogens with zero attached hydrogens (tertiary/aromatic N) is 3. The first kappa shape index (κ1) is 25.9. The second-order valence-corrected chi connectivity index (χ2v) is 7.90. The average molecular weight is 527 g/mol. The molecule has 38 heavy (non-hydrogen) atoms. The van der Waals surface area contributed by atoms with Crippen LogP contribution < -0.4 is 20.1 Å². The van der Waals surface area contributed by atoms with Crippen LogP contribution in [0.3, 0.4) is 0 Å². The van der Waals surface area contributed by atoms with Gasteiger partial charge in [-0.05, 0) is 18.6 Å². The van der Waals surface area contributed by atoms with E-state index in [0.717, 1.165) is 33.4 Å². The average Bonchev–Trinajstić information content (AvgIpc) is 3.22. The normalized spacial score (nSPS) is 10.8. The number of methoxy groups -OCH3 is 2. The van der Waals surface area contributed by atoms with Crippen LogP contribution in [0.15, 0.2) is 35.1 Å². The highest BCUT2D eigenvalue weighted by Gasteiger charge is 2.32. The summed E-state index contributed by atoms with van der Waals surface area (Å²) in [7, 11) is 2.26. The van der Waals surface area contributed by atoms with Gasteiger partial charge in [-0.15, -0.1) is 0 Å². The van der Waals surface area contributed by atoms with E-state index in [4.69, 9.17) is 13.9 Å². The van der Waals surface area contributed by atoms with Gasteiger partial charge in [0.2, 0.25) is 11.7 Å². The SMILES string of the molecule is COc1cc(OC)c(F)c(C(=O)c2oc3cnc(Nc4c(C)cncc4[N+](=O)[O-])cc3c2NC(C)=O)c1F. The predicted molar refractivity (Wildman–Crippen MR) is 130 cm³/mol. The Morgan fingerprint density at radius 2 is 1.71 bits per heavy atom. The molecule has 0 spiro atoms. The number of rotatable bonds is 8. The van der Waals surface area contributed by atoms with Crippen LogP contribution in [0.5, 0.6) is 11.5 Å². The third-order valence-corrected chi connectivity index (χ3v) is 5.45. The number of aryl methyl sites for hydroxylation is 1. The first-order valence-electron chi connectivity index (χ1n) is 10.8. The molecule has 12 nitrogen and oxygen atoms in total. The number of nitro groups is 1. The number of benzene rings is 1. The molecule has 0 aliphatic carbocycles. The van der Waals surface area contributed by atoms with Crippen molar-refractivity contribution in [3.8, 4) is 11.5 Å². The summed E-state index contributed by atoms with van der Waals surface area (Å²) in [6, 6.07) is 2.29. The fourth-order valence-electron chi connectivity index (χ4n) is 3.71. The van der Waals surface area contributed by atoms with E-state index in [2.05, 4.69) is 20.6 Å². The molecule has 14 heteroatoms. The molecule has 0 fully saturated rings. The molecule has 3 aromatic heterocycles. The smallest absolute Gasteiger partial charge is 0.311 e. The zero-order chi connectivity index (χ0) is 27.7. The Hall–Kier alpha value is -5.14. The molecule has 1 aromatic carbocycles.